The largest absolute Gasteiger partial charge is 0.374 e. The van der Waals surface area contributed by atoms with Crippen molar-refractivity contribution in [1.82, 2.24) is 9.97 Å². The van der Waals surface area contributed by atoms with Crippen LogP contribution in [-0.4, -0.2) is 22.6 Å². The summed E-state index contributed by atoms with van der Waals surface area (Å²) < 4.78 is 5.27. The van der Waals surface area contributed by atoms with Gasteiger partial charge in [0.15, 0.2) is 5.82 Å². The Morgan fingerprint density at radius 1 is 1.41 bits per heavy atom. The topological polar surface area (TPSA) is 47.0 Å². The van der Waals surface area contributed by atoms with Crippen LogP contribution in [0.25, 0.3) is 0 Å². The summed E-state index contributed by atoms with van der Waals surface area (Å²) in [5.41, 5.74) is 0. The number of halogens is 1. The third-order valence-electron chi connectivity index (χ3n) is 2.29. The van der Waals surface area contributed by atoms with E-state index in [1.54, 1.807) is 6.07 Å². The van der Waals surface area contributed by atoms with E-state index in [0.717, 1.165) is 18.7 Å². The zero-order valence-electron chi connectivity index (χ0n) is 10.7. The number of nitrogens with zero attached hydrogens (tertiary/aromatic N) is 2. The average molecular weight is 258 g/mol. The molecule has 0 saturated carbocycles. The zero-order chi connectivity index (χ0) is 12.7. The van der Waals surface area contributed by atoms with E-state index in [0.29, 0.717) is 30.2 Å². The second kappa shape index (κ2) is 7.45. The summed E-state index contributed by atoms with van der Waals surface area (Å²) in [6, 6.07) is 2.12. The zero-order valence-corrected chi connectivity index (χ0v) is 11.4. The SMILES string of the molecule is CCCC(C)Nc1cc(Cl)nc(COCC)n1. The number of hydrogen-bond acceptors (Lipinski definition) is 4. The van der Waals surface area contributed by atoms with Crippen LogP contribution in [0.3, 0.4) is 0 Å². The molecule has 0 aliphatic rings. The van der Waals surface area contributed by atoms with Crippen molar-refractivity contribution in [2.75, 3.05) is 11.9 Å². The van der Waals surface area contributed by atoms with Crippen LogP contribution in [-0.2, 0) is 11.3 Å². The van der Waals surface area contributed by atoms with Crippen LogP contribution in [0.2, 0.25) is 5.15 Å². The highest BCUT2D eigenvalue weighted by Gasteiger charge is 2.06. The molecule has 1 atom stereocenters. The third-order valence-corrected chi connectivity index (χ3v) is 2.49. The van der Waals surface area contributed by atoms with E-state index < -0.39 is 0 Å². The normalized spacial score (nSPS) is 12.5. The van der Waals surface area contributed by atoms with Gasteiger partial charge in [0.1, 0.15) is 17.6 Å². The molecule has 1 rings (SSSR count). The summed E-state index contributed by atoms with van der Waals surface area (Å²) in [6.07, 6.45) is 2.24. The lowest BCUT2D eigenvalue weighted by atomic mass is 10.2. The van der Waals surface area contributed by atoms with E-state index >= 15 is 0 Å². The third kappa shape index (κ3) is 5.33. The first kappa shape index (κ1) is 14.2. The number of nitrogens with one attached hydrogen (secondary N) is 1. The summed E-state index contributed by atoms with van der Waals surface area (Å²) in [5, 5.41) is 3.75. The second-order valence-corrected chi connectivity index (χ2v) is 4.35. The van der Waals surface area contributed by atoms with Crippen LogP contribution in [0.15, 0.2) is 6.07 Å². The van der Waals surface area contributed by atoms with Crippen molar-refractivity contribution in [3.63, 3.8) is 0 Å². The van der Waals surface area contributed by atoms with Gasteiger partial charge in [-0.2, -0.15) is 0 Å². The smallest absolute Gasteiger partial charge is 0.158 e. The van der Waals surface area contributed by atoms with E-state index in [2.05, 4.69) is 29.1 Å². The van der Waals surface area contributed by atoms with Crippen molar-refractivity contribution in [3.05, 3.63) is 17.0 Å². The van der Waals surface area contributed by atoms with Crippen molar-refractivity contribution >= 4 is 17.4 Å². The van der Waals surface area contributed by atoms with Gasteiger partial charge < -0.3 is 10.1 Å². The molecule has 1 aromatic rings. The number of hydrogen-bond donors (Lipinski definition) is 1. The van der Waals surface area contributed by atoms with Crippen LogP contribution >= 0.6 is 11.6 Å². The Hall–Kier alpha value is -0.870. The molecule has 0 aliphatic heterocycles. The van der Waals surface area contributed by atoms with Crippen LogP contribution in [0.5, 0.6) is 0 Å². The molecule has 0 saturated heterocycles. The molecule has 0 fully saturated rings. The van der Waals surface area contributed by atoms with Gasteiger partial charge in [0.2, 0.25) is 0 Å². The van der Waals surface area contributed by atoms with Gasteiger partial charge in [0.05, 0.1) is 0 Å². The molecule has 1 aromatic heterocycles. The lowest BCUT2D eigenvalue weighted by Crippen LogP contribution is -2.16. The molecular weight excluding hydrogens is 238 g/mol. The van der Waals surface area contributed by atoms with Gasteiger partial charge in [-0.3, -0.25) is 0 Å². The molecule has 1 unspecified atom stereocenters. The van der Waals surface area contributed by atoms with Crippen molar-refractivity contribution < 1.29 is 4.74 Å². The molecular formula is C12H20ClN3O. The lowest BCUT2D eigenvalue weighted by Gasteiger charge is -2.14. The predicted molar refractivity (Wildman–Crippen MR) is 70.4 cm³/mol. The van der Waals surface area contributed by atoms with Gasteiger partial charge in [0.25, 0.3) is 0 Å². The first-order valence-electron chi connectivity index (χ1n) is 6.03. The summed E-state index contributed by atoms with van der Waals surface area (Å²) in [6.45, 7) is 7.26. The number of rotatable bonds is 7. The van der Waals surface area contributed by atoms with E-state index in [-0.39, 0.29) is 0 Å². The molecule has 0 spiro atoms. The molecule has 1 N–H and O–H groups in total. The highest BCUT2D eigenvalue weighted by atomic mass is 35.5. The van der Waals surface area contributed by atoms with E-state index in [9.17, 15) is 0 Å². The van der Waals surface area contributed by atoms with E-state index in [1.165, 1.54) is 0 Å². The fraction of sp³-hybridized carbons (Fsp3) is 0.667. The molecule has 96 valence electrons. The fourth-order valence-corrected chi connectivity index (χ4v) is 1.76. The van der Waals surface area contributed by atoms with Crippen LogP contribution in [0.4, 0.5) is 5.82 Å². The van der Waals surface area contributed by atoms with Crippen LogP contribution in [0, 0.1) is 0 Å². The van der Waals surface area contributed by atoms with Crippen molar-refractivity contribution in [3.8, 4) is 0 Å². The Labute approximate surface area is 108 Å². The monoisotopic (exact) mass is 257 g/mol. The molecule has 0 aromatic carbocycles. The Morgan fingerprint density at radius 3 is 2.82 bits per heavy atom. The predicted octanol–water partition coefficient (Wildman–Crippen LogP) is 3.27. The number of ether oxygens (including phenoxy) is 1. The van der Waals surface area contributed by atoms with Crippen LogP contribution in [0.1, 0.15) is 39.4 Å². The minimum absolute atomic E-state index is 0.380. The Kier molecular flexibility index (Phi) is 6.22. The lowest BCUT2D eigenvalue weighted by molar-refractivity contribution is 0.128. The number of aromatic nitrogens is 2. The van der Waals surface area contributed by atoms with Gasteiger partial charge in [-0.15, -0.1) is 0 Å². The highest BCUT2D eigenvalue weighted by molar-refractivity contribution is 6.29. The quantitative estimate of drug-likeness (QED) is 0.762. The highest BCUT2D eigenvalue weighted by Crippen LogP contribution is 2.14. The standard InChI is InChI=1S/C12H20ClN3O/c1-4-6-9(3)14-11-7-10(13)15-12(16-11)8-17-5-2/h7,9H,4-6,8H2,1-3H3,(H,14,15,16). The summed E-state index contributed by atoms with van der Waals surface area (Å²) >= 11 is 5.94. The van der Waals surface area contributed by atoms with Crippen molar-refractivity contribution in [1.29, 1.82) is 0 Å². The second-order valence-electron chi connectivity index (χ2n) is 3.96. The van der Waals surface area contributed by atoms with Crippen molar-refractivity contribution in [2.45, 2.75) is 46.3 Å². The maximum absolute atomic E-state index is 5.94. The summed E-state index contributed by atoms with van der Waals surface area (Å²) in [5.74, 6) is 1.38. The average Bonchev–Trinajstić information content (AvgIpc) is 2.25. The molecule has 0 bridgehead atoms. The van der Waals surface area contributed by atoms with Gasteiger partial charge in [-0.05, 0) is 20.3 Å². The van der Waals surface area contributed by atoms with E-state index in [4.69, 9.17) is 16.3 Å². The van der Waals surface area contributed by atoms with Gasteiger partial charge >= 0.3 is 0 Å². The van der Waals surface area contributed by atoms with Crippen molar-refractivity contribution in [2.24, 2.45) is 0 Å². The molecule has 0 radical (unpaired) electrons. The molecule has 0 aliphatic carbocycles. The van der Waals surface area contributed by atoms with Gasteiger partial charge in [-0.25, -0.2) is 9.97 Å². The molecule has 1 heterocycles. The van der Waals surface area contributed by atoms with Crippen LogP contribution < -0.4 is 5.32 Å². The van der Waals surface area contributed by atoms with Gasteiger partial charge in [0, 0.05) is 18.7 Å². The maximum atomic E-state index is 5.94. The molecule has 5 heteroatoms. The molecule has 17 heavy (non-hydrogen) atoms. The molecule has 4 nitrogen and oxygen atoms in total. The Bertz CT molecular complexity index is 347. The first-order valence-corrected chi connectivity index (χ1v) is 6.41. The van der Waals surface area contributed by atoms with Gasteiger partial charge in [-0.1, -0.05) is 24.9 Å². The number of anilines is 1. The first-order chi connectivity index (χ1) is 8.15. The summed E-state index contributed by atoms with van der Waals surface area (Å²) in [4.78, 5) is 8.48. The Morgan fingerprint density at radius 2 is 2.18 bits per heavy atom. The fourth-order valence-electron chi connectivity index (χ4n) is 1.55. The Balaban J connectivity index is 2.67. The summed E-state index contributed by atoms with van der Waals surface area (Å²) in [7, 11) is 0. The minimum Gasteiger partial charge on any atom is -0.374 e. The maximum Gasteiger partial charge on any atom is 0.158 e. The van der Waals surface area contributed by atoms with E-state index in [1.807, 2.05) is 6.92 Å². The minimum atomic E-state index is 0.380. The molecule has 0 amide bonds.